The van der Waals surface area contributed by atoms with E-state index in [2.05, 4.69) is 5.32 Å². The number of nitrogens with one attached hydrogen (secondary N) is 1. The monoisotopic (exact) mass is 395 g/mol. The lowest BCUT2D eigenvalue weighted by Crippen LogP contribution is -2.22. The molecule has 3 aromatic rings. The van der Waals surface area contributed by atoms with Gasteiger partial charge in [-0.1, -0.05) is 24.3 Å². The van der Waals surface area contributed by atoms with Crippen molar-refractivity contribution in [1.29, 1.82) is 0 Å². The zero-order valence-corrected chi connectivity index (χ0v) is 16.6. The van der Waals surface area contributed by atoms with E-state index in [1.807, 2.05) is 43.3 Å². The van der Waals surface area contributed by atoms with Gasteiger partial charge in [-0.3, -0.25) is 4.79 Å². The minimum atomic E-state index is -0.175. The largest absolute Gasteiger partial charge is 0.493 e. The van der Waals surface area contributed by atoms with Gasteiger partial charge in [0.1, 0.15) is 12.4 Å². The summed E-state index contributed by atoms with van der Waals surface area (Å²) in [6, 6.07) is 16.8. The van der Waals surface area contributed by atoms with Crippen LogP contribution in [0, 0.1) is 0 Å². The van der Waals surface area contributed by atoms with Crippen molar-refractivity contribution >= 4 is 5.91 Å². The first-order valence-corrected chi connectivity index (χ1v) is 9.46. The van der Waals surface area contributed by atoms with Gasteiger partial charge in [0.2, 0.25) is 0 Å². The highest BCUT2D eigenvalue weighted by atomic mass is 16.5. The number of benzene rings is 2. The van der Waals surface area contributed by atoms with Crippen LogP contribution in [0.5, 0.6) is 11.5 Å². The lowest BCUT2D eigenvalue weighted by Gasteiger charge is -2.11. The Morgan fingerprint density at radius 2 is 1.86 bits per heavy atom. The molecule has 0 atom stereocenters. The van der Waals surface area contributed by atoms with Crippen LogP contribution in [0.1, 0.15) is 34.2 Å². The number of hydrogen-bond acceptors (Lipinski definition) is 5. The Labute approximate surface area is 170 Å². The van der Waals surface area contributed by atoms with Gasteiger partial charge in [0.05, 0.1) is 26.6 Å². The normalized spacial score (nSPS) is 10.6. The Morgan fingerprint density at radius 3 is 2.62 bits per heavy atom. The summed E-state index contributed by atoms with van der Waals surface area (Å²) < 4.78 is 21.7. The Balaban J connectivity index is 1.54. The van der Waals surface area contributed by atoms with Crippen LogP contribution in [-0.4, -0.2) is 19.6 Å². The Morgan fingerprint density at radius 1 is 1.00 bits per heavy atom. The highest BCUT2D eigenvalue weighted by molar-refractivity contribution is 5.94. The van der Waals surface area contributed by atoms with Crippen molar-refractivity contribution in [3.63, 3.8) is 0 Å². The van der Waals surface area contributed by atoms with Crippen molar-refractivity contribution in [3.05, 3.63) is 83.3 Å². The van der Waals surface area contributed by atoms with Gasteiger partial charge in [-0.15, -0.1) is 0 Å². The molecule has 0 spiro atoms. The van der Waals surface area contributed by atoms with Gasteiger partial charge >= 0.3 is 0 Å². The number of rotatable bonds is 10. The van der Waals surface area contributed by atoms with Gasteiger partial charge in [0, 0.05) is 12.1 Å². The van der Waals surface area contributed by atoms with Crippen LogP contribution in [-0.2, 0) is 24.5 Å². The molecule has 0 bridgehead atoms. The molecule has 0 saturated heterocycles. The van der Waals surface area contributed by atoms with E-state index in [0.717, 1.165) is 16.9 Å². The molecule has 0 fully saturated rings. The number of carbonyl (C=O) groups is 1. The van der Waals surface area contributed by atoms with E-state index < -0.39 is 0 Å². The number of ether oxygens (including phenoxy) is 3. The zero-order chi connectivity index (χ0) is 20.5. The molecular formula is C23H25NO5. The van der Waals surface area contributed by atoms with E-state index in [9.17, 15) is 4.79 Å². The van der Waals surface area contributed by atoms with Crippen LogP contribution >= 0.6 is 0 Å². The summed E-state index contributed by atoms with van der Waals surface area (Å²) in [6.45, 7) is 3.74. The summed E-state index contributed by atoms with van der Waals surface area (Å²) in [5.74, 6) is 1.77. The molecule has 1 N–H and O–H groups in total. The fourth-order valence-electron chi connectivity index (χ4n) is 2.86. The molecule has 3 rings (SSSR count). The maximum atomic E-state index is 12.5. The fourth-order valence-corrected chi connectivity index (χ4v) is 2.86. The first-order chi connectivity index (χ1) is 14.2. The molecule has 6 heteroatoms. The molecule has 0 unspecified atom stereocenters. The lowest BCUT2D eigenvalue weighted by molar-refractivity contribution is 0.0928. The van der Waals surface area contributed by atoms with Crippen LogP contribution in [0.4, 0.5) is 0 Å². The highest BCUT2D eigenvalue weighted by Crippen LogP contribution is 2.28. The quantitative estimate of drug-likeness (QED) is 0.553. The predicted octanol–water partition coefficient (Wildman–Crippen LogP) is 4.33. The van der Waals surface area contributed by atoms with Crippen molar-refractivity contribution in [3.8, 4) is 11.5 Å². The van der Waals surface area contributed by atoms with Gasteiger partial charge < -0.3 is 23.9 Å². The minimum absolute atomic E-state index is 0.175. The lowest BCUT2D eigenvalue weighted by atomic mass is 10.1. The van der Waals surface area contributed by atoms with E-state index in [1.54, 1.807) is 31.6 Å². The predicted molar refractivity (Wildman–Crippen MR) is 109 cm³/mol. The minimum Gasteiger partial charge on any atom is -0.493 e. The van der Waals surface area contributed by atoms with Crippen molar-refractivity contribution < 1.29 is 23.4 Å². The standard InChI is InChI=1S/C23H25NO5/c1-3-28-21-10-9-19(13-22(21)26-2)23(25)24-14-17-6-4-7-18(12-17)15-27-16-20-8-5-11-29-20/h4-13H,3,14-16H2,1-2H3,(H,24,25). The summed E-state index contributed by atoms with van der Waals surface area (Å²) in [4.78, 5) is 12.5. The van der Waals surface area contributed by atoms with E-state index in [4.69, 9.17) is 18.6 Å². The van der Waals surface area contributed by atoms with Crippen molar-refractivity contribution in [2.24, 2.45) is 0 Å². The number of amides is 1. The first kappa shape index (κ1) is 20.5. The van der Waals surface area contributed by atoms with Gasteiger partial charge in [-0.25, -0.2) is 0 Å². The molecule has 0 saturated carbocycles. The molecular weight excluding hydrogens is 370 g/mol. The third-order valence-electron chi connectivity index (χ3n) is 4.26. The van der Waals surface area contributed by atoms with Gasteiger partial charge in [-0.05, 0) is 48.4 Å². The van der Waals surface area contributed by atoms with E-state index in [0.29, 0.717) is 43.4 Å². The van der Waals surface area contributed by atoms with Crippen LogP contribution in [0.2, 0.25) is 0 Å². The molecule has 0 aliphatic rings. The second-order valence-corrected chi connectivity index (χ2v) is 6.37. The van der Waals surface area contributed by atoms with Crippen LogP contribution in [0.3, 0.4) is 0 Å². The number of furan rings is 1. The van der Waals surface area contributed by atoms with E-state index in [1.165, 1.54) is 0 Å². The van der Waals surface area contributed by atoms with Gasteiger partial charge in [-0.2, -0.15) is 0 Å². The van der Waals surface area contributed by atoms with Crippen molar-refractivity contribution in [1.82, 2.24) is 5.32 Å². The topological polar surface area (TPSA) is 69.9 Å². The summed E-state index contributed by atoms with van der Waals surface area (Å²) >= 11 is 0. The second-order valence-electron chi connectivity index (χ2n) is 6.37. The second kappa shape index (κ2) is 10.3. The molecule has 0 radical (unpaired) electrons. The summed E-state index contributed by atoms with van der Waals surface area (Å²) in [7, 11) is 1.55. The SMILES string of the molecule is CCOc1ccc(C(=O)NCc2cccc(COCc3ccco3)c2)cc1OC. The third kappa shape index (κ3) is 5.86. The fraction of sp³-hybridized carbons (Fsp3) is 0.261. The van der Waals surface area contributed by atoms with Gasteiger partial charge in [0.25, 0.3) is 5.91 Å². The number of methoxy groups -OCH3 is 1. The zero-order valence-electron chi connectivity index (χ0n) is 16.6. The van der Waals surface area contributed by atoms with Crippen LogP contribution in [0.25, 0.3) is 0 Å². The number of carbonyl (C=O) groups excluding carboxylic acids is 1. The average molecular weight is 395 g/mol. The average Bonchev–Trinajstić information content (AvgIpc) is 3.26. The molecule has 29 heavy (non-hydrogen) atoms. The van der Waals surface area contributed by atoms with Crippen LogP contribution < -0.4 is 14.8 Å². The maximum Gasteiger partial charge on any atom is 0.251 e. The maximum absolute atomic E-state index is 12.5. The summed E-state index contributed by atoms with van der Waals surface area (Å²) in [6.07, 6.45) is 1.63. The molecule has 6 nitrogen and oxygen atoms in total. The van der Waals surface area contributed by atoms with Gasteiger partial charge in [0.15, 0.2) is 11.5 Å². The Bertz CT molecular complexity index is 921. The first-order valence-electron chi connectivity index (χ1n) is 9.46. The number of hydrogen-bond donors (Lipinski definition) is 1. The molecule has 1 heterocycles. The Kier molecular flexibility index (Phi) is 7.30. The molecule has 1 aromatic heterocycles. The molecule has 0 aliphatic carbocycles. The van der Waals surface area contributed by atoms with Crippen LogP contribution in [0.15, 0.2) is 65.3 Å². The highest BCUT2D eigenvalue weighted by Gasteiger charge is 2.11. The smallest absolute Gasteiger partial charge is 0.251 e. The molecule has 1 amide bonds. The third-order valence-corrected chi connectivity index (χ3v) is 4.26. The molecule has 0 aliphatic heterocycles. The summed E-state index contributed by atoms with van der Waals surface area (Å²) in [5, 5.41) is 2.93. The Hall–Kier alpha value is -3.25. The molecule has 2 aromatic carbocycles. The summed E-state index contributed by atoms with van der Waals surface area (Å²) in [5.41, 5.74) is 2.55. The van der Waals surface area contributed by atoms with Crippen molar-refractivity contribution in [2.45, 2.75) is 26.7 Å². The molecule has 152 valence electrons. The van der Waals surface area contributed by atoms with Crippen molar-refractivity contribution in [2.75, 3.05) is 13.7 Å². The van der Waals surface area contributed by atoms with E-state index in [-0.39, 0.29) is 5.91 Å². The van der Waals surface area contributed by atoms with E-state index >= 15 is 0 Å².